The van der Waals surface area contributed by atoms with Crippen LogP contribution in [-0.2, 0) is 0 Å². The highest BCUT2D eigenvalue weighted by Crippen LogP contribution is 2.38. The Morgan fingerprint density at radius 2 is 1.38 bits per heavy atom. The molecule has 1 aliphatic heterocycles. The summed E-state index contributed by atoms with van der Waals surface area (Å²) in [4.78, 5) is 8.47. The first-order chi connectivity index (χ1) is 19.0. The molecule has 0 aliphatic carbocycles. The Hall–Kier alpha value is -4.82. The third-order valence-electron chi connectivity index (χ3n) is 8.46. The summed E-state index contributed by atoms with van der Waals surface area (Å²) in [6, 6.07) is 26.6. The maximum absolute atomic E-state index is 7.60. The fourth-order valence-electron chi connectivity index (χ4n) is 7.18. The van der Waals surface area contributed by atoms with Crippen LogP contribution in [0.4, 0.5) is 5.69 Å². The van der Waals surface area contributed by atoms with Gasteiger partial charge in [-0.3, -0.25) is 4.98 Å². The lowest BCUT2D eigenvalue weighted by Crippen LogP contribution is -2.53. The van der Waals surface area contributed by atoms with Gasteiger partial charge in [-0.25, -0.2) is 4.85 Å². The minimum absolute atomic E-state index is 0.00939. The lowest BCUT2D eigenvalue weighted by Gasteiger charge is -2.29. The van der Waals surface area contributed by atoms with Crippen molar-refractivity contribution in [1.29, 1.82) is 0 Å². The van der Waals surface area contributed by atoms with Crippen LogP contribution in [0.1, 0.15) is 22.3 Å². The van der Waals surface area contributed by atoms with Gasteiger partial charge in [0.1, 0.15) is 0 Å². The number of hydrogen-bond acceptors (Lipinski definition) is 1. The number of hydrogen-bond donors (Lipinski definition) is 0. The largest absolute Gasteiger partial charge is 0.375 e. The molecule has 0 fully saturated rings. The van der Waals surface area contributed by atoms with Crippen molar-refractivity contribution in [2.45, 2.75) is 27.7 Å². The van der Waals surface area contributed by atoms with Gasteiger partial charge in [0.25, 0.3) is 0 Å². The van der Waals surface area contributed by atoms with Gasteiger partial charge in [-0.2, -0.15) is 0 Å². The van der Waals surface area contributed by atoms with Gasteiger partial charge >= 0.3 is 6.85 Å². The molecular weight excluding hydrogens is 475 g/mol. The molecule has 4 heterocycles. The second-order valence-electron chi connectivity index (χ2n) is 11.0. The number of aromatic nitrogens is 3. The summed E-state index contributed by atoms with van der Waals surface area (Å²) in [5.41, 5.74) is 15.0. The number of fused-ring (bicyclic) bond motifs is 8. The summed E-state index contributed by atoms with van der Waals surface area (Å²) >= 11 is 0. The smallest absolute Gasteiger partial charge is 0.332 e. The third kappa shape index (κ3) is 2.81. The Morgan fingerprint density at radius 3 is 2.08 bits per heavy atom. The SMILES string of the molecule is [C-]#[N+]c1cnc2c3cccc4c3n(c2c1)-c1ccccc1B4n1c2c(C)cc(C)cc2c2cc(C)cc(C)c21. The van der Waals surface area contributed by atoms with Crippen LogP contribution in [0.15, 0.2) is 79.0 Å². The van der Waals surface area contributed by atoms with E-state index in [1.54, 1.807) is 6.20 Å². The molecule has 184 valence electrons. The van der Waals surface area contributed by atoms with Gasteiger partial charge in [0.15, 0.2) is 0 Å². The number of para-hydroxylation sites is 2. The third-order valence-corrected chi connectivity index (χ3v) is 8.46. The van der Waals surface area contributed by atoms with Crippen LogP contribution in [0.3, 0.4) is 0 Å². The van der Waals surface area contributed by atoms with Crippen LogP contribution in [-0.4, -0.2) is 20.9 Å². The summed E-state index contributed by atoms with van der Waals surface area (Å²) < 4.78 is 4.93. The first-order valence-corrected chi connectivity index (χ1v) is 13.4. The molecule has 0 N–H and O–H groups in total. The van der Waals surface area contributed by atoms with Gasteiger partial charge in [0.2, 0.25) is 5.69 Å². The maximum atomic E-state index is 7.60. The predicted molar refractivity (Wildman–Crippen MR) is 164 cm³/mol. The highest BCUT2D eigenvalue weighted by atomic mass is 15.0. The summed E-state index contributed by atoms with van der Waals surface area (Å²) in [6.07, 6.45) is 1.69. The molecule has 0 radical (unpaired) electrons. The van der Waals surface area contributed by atoms with Crippen molar-refractivity contribution in [3.05, 3.63) is 113 Å². The molecule has 0 atom stereocenters. The minimum Gasteiger partial charge on any atom is -0.375 e. The van der Waals surface area contributed by atoms with Gasteiger partial charge in [-0.15, -0.1) is 0 Å². The Labute approximate surface area is 227 Å². The van der Waals surface area contributed by atoms with Crippen LogP contribution in [0.25, 0.3) is 54.3 Å². The number of rotatable bonds is 1. The Morgan fingerprint density at radius 1 is 0.718 bits per heavy atom. The van der Waals surface area contributed by atoms with E-state index < -0.39 is 0 Å². The van der Waals surface area contributed by atoms with E-state index in [0.717, 1.165) is 22.1 Å². The number of nitrogens with zero attached hydrogens (tertiary/aromatic N) is 4. The Balaban J connectivity index is 1.61. The quantitative estimate of drug-likeness (QED) is 0.176. The fourth-order valence-corrected chi connectivity index (χ4v) is 7.18. The monoisotopic (exact) mass is 500 g/mol. The standard InChI is InChI=1S/C34H25BN4/c1-19-13-21(3)32-25(15-19)26-16-20(2)14-22(4)33(26)39(32)35-27-10-6-7-12-29(27)38-30-17-23(36-5)18-37-31(30)24-9-8-11-28(35)34(24)38/h6-18H,1-4H3. The summed E-state index contributed by atoms with van der Waals surface area (Å²) in [7, 11) is 0. The molecule has 7 aromatic rings. The molecule has 39 heavy (non-hydrogen) atoms. The second kappa shape index (κ2) is 7.62. The van der Waals surface area contributed by atoms with Gasteiger partial charge in [-0.1, -0.05) is 59.7 Å². The van der Waals surface area contributed by atoms with Crippen LogP contribution in [0.2, 0.25) is 0 Å². The summed E-state index contributed by atoms with van der Waals surface area (Å²) in [5, 5.41) is 3.75. The molecule has 0 unspecified atom stereocenters. The average molecular weight is 500 g/mol. The van der Waals surface area contributed by atoms with Gasteiger partial charge in [-0.05, 0) is 74.0 Å². The van der Waals surface area contributed by atoms with Crippen molar-refractivity contribution in [2.24, 2.45) is 0 Å². The number of benzene rings is 4. The zero-order valence-electron chi connectivity index (χ0n) is 22.4. The van der Waals surface area contributed by atoms with Crippen LogP contribution in [0.5, 0.6) is 0 Å². The highest BCUT2D eigenvalue weighted by Gasteiger charge is 2.36. The maximum Gasteiger partial charge on any atom is 0.332 e. The first-order valence-electron chi connectivity index (χ1n) is 13.4. The number of aryl methyl sites for hydroxylation is 4. The van der Waals surface area contributed by atoms with Crippen molar-refractivity contribution < 1.29 is 0 Å². The normalized spacial score (nSPS) is 12.5. The van der Waals surface area contributed by atoms with Gasteiger partial charge in [0, 0.05) is 39.1 Å². The molecular formula is C34H25BN4. The molecule has 0 saturated heterocycles. The van der Waals surface area contributed by atoms with Crippen molar-refractivity contribution in [3.8, 4) is 5.69 Å². The van der Waals surface area contributed by atoms with Crippen LogP contribution < -0.4 is 10.9 Å². The molecule has 3 aromatic heterocycles. The van der Waals surface area contributed by atoms with E-state index in [0.29, 0.717) is 5.69 Å². The first kappa shape index (κ1) is 22.2. The molecule has 0 saturated carbocycles. The molecule has 4 nitrogen and oxygen atoms in total. The van der Waals surface area contributed by atoms with Gasteiger partial charge in [0.05, 0.1) is 23.1 Å². The topological polar surface area (TPSA) is 27.1 Å². The van der Waals surface area contributed by atoms with Crippen molar-refractivity contribution in [3.63, 3.8) is 0 Å². The van der Waals surface area contributed by atoms with Crippen molar-refractivity contribution in [2.75, 3.05) is 0 Å². The van der Waals surface area contributed by atoms with Crippen molar-refractivity contribution in [1.82, 2.24) is 14.0 Å². The van der Waals surface area contributed by atoms with E-state index in [4.69, 9.17) is 11.6 Å². The van der Waals surface area contributed by atoms with E-state index in [-0.39, 0.29) is 6.85 Å². The van der Waals surface area contributed by atoms with E-state index >= 15 is 0 Å². The molecule has 4 aromatic carbocycles. The predicted octanol–water partition coefficient (Wildman–Crippen LogP) is 7.04. The lowest BCUT2D eigenvalue weighted by atomic mass is 9.48. The molecule has 0 spiro atoms. The molecule has 5 heteroatoms. The van der Waals surface area contributed by atoms with E-state index in [2.05, 4.69) is 108 Å². The van der Waals surface area contributed by atoms with Crippen LogP contribution >= 0.6 is 0 Å². The second-order valence-corrected chi connectivity index (χ2v) is 11.0. The average Bonchev–Trinajstić information content (AvgIpc) is 3.43. The fraction of sp³-hybridized carbons (Fsp3) is 0.118. The molecule has 8 rings (SSSR count). The molecule has 1 aliphatic rings. The summed E-state index contributed by atoms with van der Waals surface area (Å²) in [5.74, 6) is 0. The zero-order chi connectivity index (χ0) is 26.6. The van der Waals surface area contributed by atoms with E-state index in [1.165, 1.54) is 60.5 Å². The highest BCUT2D eigenvalue weighted by molar-refractivity contribution is 6.88. The zero-order valence-corrected chi connectivity index (χ0v) is 22.4. The van der Waals surface area contributed by atoms with E-state index in [9.17, 15) is 0 Å². The van der Waals surface area contributed by atoms with E-state index in [1.807, 2.05) is 6.07 Å². The number of pyridine rings is 1. The minimum atomic E-state index is -0.00939. The van der Waals surface area contributed by atoms with Crippen molar-refractivity contribution >= 4 is 67.2 Å². The Kier molecular flexibility index (Phi) is 4.33. The molecule has 0 amide bonds. The van der Waals surface area contributed by atoms with Crippen LogP contribution in [0, 0.1) is 34.3 Å². The summed E-state index contributed by atoms with van der Waals surface area (Å²) in [6.45, 7) is 16.5. The Bertz CT molecular complexity index is 2180. The van der Waals surface area contributed by atoms with Gasteiger partial charge < -0.3 is 9.05 Å². The lowest BCUT2D eigenvalue weighted by molar-refractivity contribution is 1.17. The molecule has 0 bridgehead atoms.